The van der Waals surface area contributed by atoms with Gasteiger partial charge >= 0.3 is 0 Å². The van der Waals surface area contributed by atoms with Crippen LogP contribution in [0.5, 0.6) is 0 Å². The van der Waals surface area contributed by atoms with Crippen LogP contribution in [-0.4, -0.2) is 23.8 Å². The van der Waals surface area contributed by atoms with E-state index in [1.54, 1.807) is 7.11 Å². The predicted octanol–water partition coefficient (Wildman–Crippen LogP) is 3.36. The lowest BCUT2D eigenvalue weighted by Crippen LogP contribution is -2.38. The predicted molar refractivity (Wildman–Crippen MR) is 81.9 cm³/mol. The normalized spacial score (nSPS) is 21.4. The van der Waals surface area contributed by atoms with Crippen molar-refractivity contribution in [1.29, 1.82) is 0 Å². The van der Waals surface area contributed by atoms with Gasteiger partial charge < -0.3 is 14.6 Å². The molecule has 1 heterocycles. The van der Waals surface area contributed by atoms with Crippen LogP contribution < -0.4 is 5.32 Å². The van der Waals surface area contributed by atoms with Crippen molar-refractivity contribution < 1.29 is 9.26 Å². The summed E-state index contributed by atoms with van der Waals surface area (Å²) in [5.41, 5.74) is -0.333. The minimum absolute atomic E-state index is 0.317. The molecular weight excluding hydrogens is 266 g/mol. The first kappa shape index (κ1) is 16.4. The second-order valence-electron chi connectivity index (χ2n) is 7.44. The first-order chi connectivity index (χ1) is 9.75. The number of methoxy groups -OCH3 is 1. The fourth-order valence-corrected chi connectivity index (χ4v) is 3.03. The van der Waals surface area contributed by atoms with E-state index in [9.17, 15) is 0 Å². The Morgan fingerprint density at radius 2 is 1.86 bits per heavy atom. The molecular formula is C16H29N3O2. The van der Waals surface area contributed by atoms with Crippen LogP contribution in [-0.2, 0) is 15.9 Å². The van der Waals surface area contributed by atoms with E-state index in [1.807, 2.05) is 0 Å². The average Bonchev–Trinajstić information content (AvgIpc) is 2.90. The lowest BCUT2D eigenvalue weighted by atomic mass is 9.70. The van der Waals surface area contributed by atoms with Crippen LogP contribution in [0.2, 0.25) is 0 Å². The molecule has 0 unspecified atom stereocenters. The Hall–Kier alpha value is -0.940. The quantitative estimate of drug-likeness (QED) is 0.902. The van der Waals surface area contributed by atoms with E-state index in [4.69, 9.17) is 9.26 Å². The molecule has 2 rings (SSSR count). The number of rotatable bonds is 5. The summed E-state index contributed by atoms with van der Waals surface area (Å²) in [5, 5.41) is 7.59. The molecule has 0 atom stereocenters. The summed E-state index contributed by atoms with van der Waals surface area (Å²) >= 11 is 0. The number of hydrogen-bond acceptors (Lipinski definition) is 5. The Bertz CT molecular complexity index is 470. The third-order valence-corrected chi connectivity index (χ3v) is 4.79. The van der Waals surface area contributed by atoms with Crippen molar-refractivity contribution in [3.8, 4) is 0 Å². The van der Waals surface area contributed by atoms with E-state index in [2.05, 4.69) is 50.1 Å². The van der Waals surface area contributed by atoms with Crippen LogP contribution >= 0.6 is 0 Å². The smallest absolute Gasteiger partial charge is 0.246 e. The highest BCUT2D eigenvalue weighted by Gasteiger charge is 2.44. The second-order valence-corrected chi connectivity index (χ2v) is 7.44. The number of nitrogens with one attached hydrogen (secondary N) is 1. The van der Waals surface area contributed by atoms with Gasteiger partial charge in [-0.1, -0.05) is 25.9 Å². The largest absolute Gasteiger partial charge is 0.370 e. The zero-order valence-electron chi connectivity index (χ0n) is 14.2. The van der Waals surface area contributed by atoms with E-state index < -0.39 is 0 Å². The van der Waals surface area contributed by atoms with Crippen molar-refractivity contribution in [3.63, 3.8) is 0 Å². The van der Waals surface area contributed by atoms with Crippen molar-refractivity contribution in [3.05, 3.63) is 11.7 Å². The molecule has 5 nitrogen and oxygen atoms in total. The first-order valence-corrected chi connectivity index (χ1v) is 7.89. The Labute approximate surface area is 127 Å². The van der Waals surface area contributed by atoms with E-state index >= 15 is 0 Å². The molecule has 0 bridgehead atoms. The van der Waals surface area contributed by atoms with Crippen LogP contribution in [0.25, 0.3) is 0 Å². The van der Waals surface area contributed by atoms with Crippen molar-refractivity contribution in [1.82, 2.24) is 15.5 Å². The standard InChI is InChI=1S/C16H29N3O2/c1-7-17-15(4,5)13-18-12(19-21-13)16(20-6)10-8-14(2,3)9-11-16/h17H,7-11H2,1-6H3. The van der Waals surface area contributed by atoms with Gasteiger partial charge in [-0.25, -0.2) is 0 Å². The summed E-state index contributed by atoms with van der Waals surface area (Å²) in [4.78, 5) is 4.65. The fourth-order valence-electron chi connectivity index (χ4n) is 3.03. The average molecular weight is 295 g/mol. The summed E-state index contributed by atoms with van der Waals surface area (Å²) in [6.45, 7) is 11.6. The highest BCUT2D eigenvalue weighted by molar-refractivity contribution is 5.08. The molecule has 1 N–H and O–H groups in total. The monoisotopic (exact) mass is 295 g/mol. The molecule has 0 aromatic carbocycles. The van der Waals surface area contributed by atoms with Crippen molar-refractivity contribution in [2.45, 2.75) is 71.4 Å². The lowest BCUT2D eigenvalue weighted by Gasteiger charge is -2.40. The second kappa shape index (κ2) is 5.69. The highest BCUT2D eigenvalue weighted by Crippen LogP contribution is 2.46. The van der Waals surface area contributed by atoms with Gasteiger partial charge in [-0.15, -0.1) is 0 Å². The third-order valence-electron chi connectivity index (χ3n) is 4.79. The molecule has 1 saturated carbocycles. The maximum absolute atomic E-state index is 5.84. The summed E-state index contributed by atoms with van der Waals surface area (Å²) in [6, 6.07) is 0. The van der Waals surface area contributed by atoms with Crippen LogP contribution in [0.4, 0.5) is 0 Å². The molecule has 0 spiro atoms. The third kappa shape index (κ3) is 3.29. The first-order valence-electron chi connectivity index (χ1n) is 7.89. The summed E-state index contributed by atoms with van der Waals surface area (Å²) in [5.74, 6) is 1.32. The van der Waals surface area contributed by atoms with Gasteiger partial charge in [-0.3, -0.25) is 0 Å². The van der Waals surface area contributed by atoms with Gasteiger partial charge in [0.05, 0.1) is 5.54 Å². The van der Waals surface area contributed by atoms with E-state index in [0.29, 0.717) is 17.1 Å². The van der Waals surface area contributed by atoms with Crippen LogP contribution in [0.15, 0.2) is 4.52 Å². The van der Waals surface area contributed by atoms with Crippen molar-refractivity contribution >= 4 is 0 Å². The minimum Gasteiger partial charge on any atom is -0.370 e. The van der Waals surface area contributed by atoms with Crippen molar-refractivity contribution in [2.24, 2.45) is 5.41 Å². The molecule has 1 aromatic rings. The molecule has 1 aliphatic carbocycles. The molecule has 1 fully saturated rings. The number of aromatic nitrogens is 2. The van der Waals surface area contributed by atoms with Gasteiger partial charge in [0.1, 0.15) is 5.60 Å². The summed E-state index contributed by atoms with van der Waals surface area (Å²) in [6.07, 6.45) is 4.11. The lowest BCUT2D eigenvalue weighted by molar-refractivity contribution is -0.0740. The van der Waals surface area contributed by atoms with Crippen LogP contribution in [0, 0.1) is 5.41 Å². The molecule has 0 radical (unpaired) electrons. The van der Waals surface area contributed by atoms with Gasteiger partial charge in [0, 0.05) is 7.11 Å². The molecule has 5 heteroatoms. The van der Waals surface area contributed by atoms with E-state index in [0.717, 1.165) is 32.2 Å². The van der Waals surface area contributed by atoms with Gasteiger partial charge in [-0.05, 0) is 51.5 Å². The zero-order chi connectivity index (χ0) is 15.7. The zero-order valence-corrected chi connectivity index (χ0v) is 14.2. The summed E-state index contributed by atoms with van der Waals surface area (Å²) < 4.78 is 11.3. The molecule has 0 saturated heterocycles. The number of ether oxygens (including phenoxy) is 1. The molecule has 1 aliphatic rings. The Kier molecular flexibility index (Phi) is 4.45. The maximum Gasteiger partial charge on any atom is 0.246 e. The van der Waals surface area contributed by atoms with Crippen LogP contribution in [0.3, 0.4) is 0 Å². The van der Waals surface area contributed by atoms with Gasteiger partial charge in [0.25, 0.3) is 0 Å². The van der Waals surface area contributed by atoms with Gasteiger partial charge in [0.2, 0.25) is 11.7 Å². The number of hydrogen-bond donors (Lipinski definition) is 1. The van der Waals surface area contributed by atoms with Gasteiger partial charge in [-0.2, -0.15) is 4.98 Å². The highest BCUT2D eigenvalue weighted by atomic mass is 16.5. The van der Waals surface area contributed by atoms with Crippen molar-refractivity contribution in [2.75, 3.05) is 13.7 Å². The molecule has 0 aliphatic heterocycles. The van der Waals surface area contributed by atoms with Gasteiger partial charge in [0.15, 0.2) is 0 Å². The fraction of sp³-hybridized carbons (Fsp3) is 0.875. The SMILES string of the molecule is CCNC(C)(C)c1nc(C2(OC)CCC(C)(C)CC2)no1. The number of nitrogens with zero attached hydrogens (tertiary/aromatic N) is 2. The Balaban J connectivity index is 2.23. The molecule has 120 valence electrons. The van der Waals surface area contributed by atoms with E-state index in [1.165, 1.54) is 0 Å². The van der Waals surface area contributed by atoms with Crippen LogP contribution in [0.1, 0.15) is 72.0 Å². The molecule has 21 heavy (non-hydrogen) atoms. The Morgan fingerprint density at radius 3 is 2.38 bits per heavy atom. The maximum atomic E-state index is 5.84. The van der Waals surface area contributed by atoms with E-state index in [-0.39, 0.29) is 11.1 Å². The summed E-state index contributed by atoms with van der Waals surface area (Å²) in [7, 11) is 1.75. The molecule has 1 aromatic heterocycles. The topological polar surface area (TPSA) is 60.2 Å². The minimum atomic E-state index is -0.389. The Morgan fingerprint density at radius 1 is 1.24 bits per heavy atom. The molecule has 0 amide bonds.